The Balaban J connectivity index is 1.31. The molecule has 8 heteroatoms. The molecule has 196 valence electrons. The van der Waals surface area contributed by atoms with Gasteiger partial charge in [-0.3, -0.25) is 4.79 Å². The number of ether oxygens (including phenoxy) is 2. The Hall–Kier alpha value is -3.55. The normalized spacial score (nSPS) is 21.4. The molecule has 1 saturated heterocycles. The first-order valence-corrected chi connectivity index (χ1v) is 12.9. The molecule has 1 saturated carbocycles. The summed E-state index contributed by atoms with van der Waals surface area (Å²) in [4.78, 5) is 32.4. The van der Waals surface area contributed by atoms with E-state index in [0.29, 0.717) is 13.1 Å². The van der Waals surface area contributed by atoms with Crippen molar-refractivity contribution in [1.29, 1.82) is 0 Å². The molecule has 1 aliphatic heterocycles. The molecule has 0 spiro atoms. The van der Waals surface area contributed by atoms with Crippen molar-refractivity contribution in [3.8, 4) is 16.9 Å². The van der Waals surface area contributed by atoms with Gasteiger partial charge in [0.25, 0.3) is 0 Å². The van der Waals surface area contributed by atoms with Gasteiger partial charge in [0, 0.05) is 30.8 Å². The first-order chi connectivity index (χ1) is 17.5. The van der Waals surface area contributed by atoms with Crippen LogP contribution in [0.5, 0.6) is 5.75 Å². The van der Waals surface area contributed by atoms with Crippen molar-refractivity contribution in [2.75, 3.05) is 20.2 Å². The quantitative estimate of drug-likeness (QED) is 0.536. The smallest absolute Gasteiger partial charge is 0.410 e. The molecule has 3 heterocycles. The molecule has 3 aromatic rings. The number of carbonyl (C=O) groups is 2. The van der Waals surface area contributed by atoms with E-state index < -0.39 is 11.1 Å². The number of piperidine rings is 2. The molecular formula is C29H36N4O4. The number of nitrogens with zero attached hydrogens (tertiary/aromatic N) is 3. The van der Waals surface area contributed by atoms with E-state index in [2.05, 4.69) is 11.4 Å². The maximum Gasteiger partial charge on any atom is 0.410 e. The first-order valence-electron chi connectivity index (χ1n) is 12.9. The lowest BCUT2D eigenvalue weighted by Gasteiger charge is -2.52. The molecule has 2 amide bonds. The molecular weight excluding hydrogens is 468 g/mol. The summed E-state index contributed by atoms with van der Waals surface area (Å²) in [5.74, 6) is 1.81. The minimum absolute atomic E-state index is 0.0261. The average molecular weight is 505 g/mol. The number of likely N-dealkylation sites (tertiary alicyclic amines) is 1. The summed E-state index contributed by atoms with van der Waals surface area (Å²) >= 11 is 0. The van der Waals surface area contributed by atoms with Gasteiger partial charge >= 0.3 is 6.09 Å². The largest absolute Gasteiger partial charge is 0.497 e. The van der Waals surface area contributed by atoms with Gasteiger partial charge in [0.1, 0.15) is 17.2 Å². The van der Waals surface area contributed by atoms with Crippen molar-refractivity contribution in [2.24, 2.45) is 17.8 Å². The zero-order chi connectivity index (χ0) is 26.5. The Labute approximate surface area is 218 Å². The summed E-state index contributed by atoms with van der Waals surface area (Å²) < 4.78 is 12.9. The fraction of sp³-hybridized carbons (Fsp3) is 0.483. The molecule has 2 aliphatic rings. The monoisotopic (exact) mass is 504 g/mol. The van der Waals surface area contributed by atoms with Crippen molar-refractivity contribution < 1.29 is 19.1 Å². The second kappa shape index (κ2) is 9.08. The van der Waals surface area contributed by atoms with Crippen LogP contribution in [0.3, 0.4) is 0 Å². The summed E-state index contributed by atoms with van der Waals surface area (Å²) in [6.45, 7) is 10.7. The highest BCUT2D eigenvalue weighted by molar-refractivity contribution is 5.83. The van der Waals surface area contributed by atoms with Gasteiger partial charge in [0.2, 0.25) is 5.91 Å². The summed E-state index contributed by atoms with van der Waals surface area (Å²) in [5, 5.41) is 3.26. The van der Waals surface area contributed by atoms with Crippen LogP contribution in [0.1, 0.15) is 46.9 Å². The molecule has 2 fully saturated rings. The van der Waals surface area contributed by atoms with E-state index in [1.807, 2.05) is 81.7 Å². The van der Waals surface area contributed by atoms with E-state index in [9.17, 15) is 9.59 Å². The van der Waals surface area contributed by atoms with Gasteiger partial charge in [-0.2, -0.15) is 0 Å². The standard InChI is InChI=1S/C29H36N4O4/c1-28(2,3)37-27(35)32-16-19-14-20(17-32)24(19)25(34)31-29(4,5)26-30-15-23-22(8-7-13-33(23)26)18-9-11-21(36-6)12-10-18/h7-13,15,19-20,24H,14,16-17H2,1-6H3,(H,31,34)/t19-,20+,24?. The summed E-state index contributed by atoms with van der Waals surface area (Å²) in [5.41, 5.74) is 1.88. The Morgan fingerprint density at radius 1 is 1.03 bits per heavy atom. The second-order valence-electron chi connectivity index (χ2n) is 11.8. The fourth-order valence-electron chi connectivity index (χ4n) is 5.74. The average Bonchev–Trinajstić information content (AvgIpc) is 3.28. The molecule has 1 unspecified atom stereocenters. The molecule has 1 N–H and O–H groups in total. The minimum Gasteiger partial charge on any atom is -0.497 e. The van der Waals surface area contributed by atoms with Crippen molar-refractivity contribution in [2.45, 2.75) is 52.2 Å². The fourth-order valence-corrected chi connectivity index (χ4v) is 5.74. The predicted molar refractivity (Wildman–Crippen MR) is 141 cm³/mol. The van der Waals surface area contributed by atoms with Crippen molar-refractivity contribution in [3.05, 3.63) is 54.6 Å². The molecule has 2 aromatic heterocycles. The van der Waals surface area contributed by atoms with Crippen LogP contribution in [0, 0.1) is 17.8 Å². The highest BCUT2D eigenvalue weighted by atomic mass is 16.6. The number of benzene rings is 1. The number of aromatic nitrogens is 2. The third-order valence-corrected chi connectivity index (χ3v) is 7.45. The van der Waals surface area contributed by atoms with Crippen molar-refractivity contribution in [3.63, 3.8) is 0 Å². The first kappa shape index (κ1) is 25.1. The third-order valence-electron chi connectivity index (χ3n) is 7.45. The van der Waals surface area contributed by atoms with E-state index in [1.165, 1.54) is 0 Å². The van der Waals surface area contributed by atoms with E-state index in [-0.39, 0.29) is 29.8 Å². The lowest BCUT2D eigenvalue weighted by atomic mass is 9.61. The van der Waals surface area contributed by atoms with Gasteiger partial charge < -0.3 is 24.1 Å². The van der Waals surface area contributed by atoms with Gasteiger partial charge in [0.05, 0.1) is 24.4 Å². The van der Waals surface area contributed by atoms with Crippen LogP contribution < -0.4 is 10.1 Å². The number of hydrogen-bond donors (Lipinski definition) is 1. The van der Waals surface area contributed by atoms with Crippen LogP contribution in [0.25, 0.3) is 16.6 Å². The van der Waals surface area contributed by atoms with Gasteiger partial charge in [-0.15, -0.1) is 0 Å². The van der Waals surface area contributed by atoms with Crippen molar-refractivity contribution in [1.82, 2.24) is 19.6 Å². The minimum atomic E-state index is -0.684. The maximum absolute atomic E-state index is 13.4. The number of pyridine rings is 1. The summed E-state index contributed by atoms with van der Waals surface area (Å²) in [7, 11) is 1.66. The maximum atomic E-state index is 13.4. The van der Waals surface area contributed by atoms with E-state index in [0.717, 1.165) is 34.6 Å². The van der Waals surface area contributed by atoms with Crippen LogP contribution in [0.2, 0.25) is 0 Å². The molecule has 0 radical (unpaired) electrons. The van der Waals surface area contributed by atoms with Crippen LogP contribution >= 0.6 is 0 Å². The molecule has 2 bridgehead atoms. The number of methoxy groups -OCH3 is 1. The number of nitrogens with one attached hydrogen (secondary N) is 1. The molecule has 8 nitrogen and oxygen atoms in total. The number of amides is 2. The number of imidazole rings is 1. The number of carbonyl (C=O) groups excluding carboxylic acids is 2. The van der Waals surface area contributed by atoms with E-state index in [4.69, 9.17) is 14.5 Å². The van der Waals surface area contributed by atoms with Crippen molar-refractivity contribution >= 4 is 17.5 Å². The van der Waals surface area contributed by atoms with Crippen LogP contribution in [-0.4, -0.2) is 52.1 Å². The van der Waals surface area contributed by atoms with Gasteiger partial charge in [-0.05, 0) is 76.6 Å². The predicted octanol–water partition coefficient (Wildman–Crippen LogP) is 4.86. The second-order valence-corrected chi connectivity index (χ2v) is 11.8. The molecule has 1 aliphatic carbocycles. The molecule has 37 heavy (non-hydrogen) atoms. The highest BCUT2D eigenvalue weighted by Crippen LogP contribution is 2.46. The van der Waals surface area contributed by atoms with Crippen LogP contribution in [0.15, 0.2) is 48.8 Å². The number of hydrogen-bond acceptors (Lipinski definition) is 5. The van der Waals surface area contributed by atoms with Crippen LogP contribution in [-0.2, 0) is 15.1 Å². The summed E-state index contributed by atoms with van der Waals surface area (Å²) in [6.07, 6.45) is 4.52. The molecule has 5 rings (SSSR count). The van der Waals surface area contributed by atoms with Gasteiger partial charge in [0.15, 0.2) is 0 Å². The Morgan fingerprint density at radius 3 is 2.32 bits per heavy atom. The SMILES string of the molecule is COc1ccc(-c2cccn3c(C(C)(C)NC(=O)C4[C@@H]5C[C@H]4CN(C(=O)OC(C)(C)C)C5)ncc23)cc1. The Kier molecular flexibility index (Phi) is 6.16. The van der Waals surface area contributed by atoms with Crippen LogP contribution in [0.4, 0.5) is 4.79 Å². The Bertz CT molecular complexity index is 1310. The highest BCUT2D eigenvalue weighted by Gasteiger charge is 2.52. The van der Waals surface area contributed by atoms with E-state index >= 15 is 0 Å². The molecule has 1 aromatic carbocycles. The zero-order valence-electron chi connectivity index (χ0n) is 22.4. The topological polar surface area (TPSA) is 85.2 Å². The molecule has 3 atom stereocenters. The lowest BCUT2D eigenvalue weighted by molar-refractivity contribution is -0.143. The summed E-state index contributed by atoms with van der Waals surface area (Å²) in [6, 6.07) is 12.0. The van der Waals surface area contributed by atoms with Gasteiger partial charge in [-0.25, -0.2) is 9.78 Å². The number of fused-ring (bicyclic) bond motifs is 3. The van der Waals surface area contributed by atoms with Gasteiger partial charge in [-0.1, -0.05) is 18.2 Å². The number of rotatable bonds is 5. The lowest BCUT2D eigenvalue weighted by Crippen LogP contribution is -2.62. The Morgan fingerprint density at radius 2 is 1.70 bits per heavy atom. The zero-order valence-corrected chi connectivity index (χ0v) is 22.4. The third kappa shape index (κ3) is 4.77. The van der Waals surface area contributed by atoms with E-state index in [1.54, 1.807) is 12.0 Å².